The van der Waals surface area contributed by atoms with E-state index in [-0.39, 0.29) is 5.56 Å². The van der Waals surface area contributed by atoms with E-state index in [0.717, 1.165) is 17.8 Å². The van der Waals surface area contributed by atoms with Gasteiger partial charge >= 0.3 is 6.18 Å². The average Bonchev–Trinajstić information content (AvgIpc) is 2.88. The van der Waals surface area contributed by atoms with Gasteiger partial charge in [-0.2, -0.15) is 21.9 Å². The summed E-state index contributed by atoms with van der Waals surface area (Å²) in [6.07, 6.45) is -2.89. The van der Waals surface area contributed by atoms with E-state index in [0.29, 0.717) is 12.2 Å². The third-order valence-corrected chi connectivity index (χ3v) is 3.15. The predicted octanol–water partition coefficient (Wildman–Crippen LogP) is 3.26. The van der Waals surface area contributed by atoms with Gasteiger partial charge in [-0.3, -0.25) is 0 Å². The SMILES string of the molecule is CCNC(c1cnsn1)c1ccccc1C(F)(F)F. The van der Waals surface area contributed by atoms with E-state index in [4.69, 9.17) is 0 Å². The van der Waals surface area contributed by atoms with Crippen molar-refractivity contribution in [3.63, 3.8) is 0 Å². The number of hydrogen-bond donors (Lipinski definition) is 1. The van der Waals surface area contributed by atoms with E-state index < -0.39 is 17.8 Å². The fourth-order valence-corrected chi connectivity index (χ4v) is 2.33. The smallest absolute Gasteiger partial charge is 0.305 e. The molecule has 0 fully saturated rings. The first-order valence-corrected chi connectivity index (χ1v) is 6.44. The maximum Gasteiger partial charge on any atom is 0.416 e. The molecule has 0 spiro atoms. The summed E-state index contributed by atoms with van der Waals surface area (Å²) in [5.74, 6) is 0. The number of aromatic nitrogens is 2. The summed E-state index contributed by atoms with van der Waals surface area (Å²) in [5, 5.41) is 3.02. The molecule has 2 rings (SSSR count). The first-order chi connectivity index (χ1) is 9.04. The summed E-state index contributed by atoms with van der Waals surface area (Å²) in [5.41, 5.74) is 0.0297. The van der Waals surface area contributed by atoms with Crippen LogP contribution in [-0.2, 0) is 6.18 Å². The Morgan fingerprint density at radius 1 is 1.32 bits per heavy atom. The van der Waals surface area contributed by atoms with Crippen molar-refractivity contribution >= 4 is 11.7 Å². The van der Waals surface area contributed by atoms with E-state index in [1.165, 1.54) is 18.3 Å². The van der Waals surface area contributed by atoms with Gasteiger partial charge in [0, 0.05) is 0 Å². The second-order valence-corrected chi connectivity index (χ2v) is 4.46. The van der Waals surface area contributed by atoms with Gasteiger partial charge < -0.3 is 5.32 Å². The van der Waals surface area contributed by atoms with Crippen LogP contribution < -0.4 is 5.32 Å². The summed E-state index contributed by atoms with van der Waals surface area (Å²) >= 11 is 0.981. The van der Waals surface area contributed by atoms with Crippen molar-refractivity contribution in [1.82, 2.24) is 14.1 Å². The van der Waals surface area contributed by atoms with Crippen molar-refractivity contribution in [3.8, 4) is 0 Å². The zero-order valence-corrected chi connectivity index (χ0v) is 10.9. The third-order valence-electron chi connectivity index (χ3n) is 2.66. The van der Waals surface area contributed by atoms with E-state index in [2.05, 4.69) is 14.1 Å². The summed E-state index contributed by atoms with van der Waals surface area (Å²) in [7, 11) is 0. The van der Waals surface area contributed by atoms with Crippen LogP contribution in [0.4, 0.5) is 13.2 Å². The molecule has 0 aliphatic rings. The lowest BCUT2D eigenvalue weighted by Gasteiger charge is -2.20. The molecule has 1 heterocycles. The van der Waals surface area contributed by atoms with Gasteiger partial charge in [-0.25, -0.2) is 0 Å². The standard InChI is InChI=1S/C12H12F3N3S/c1-2-16-11(10-7-17-19-18-10)8-5-3-4-6-9(8)12(13,14)15/h3-7,11,16H,2H2,1H3. The minimum atomic E-state index is -4.38. The molecule has 1 aromatic carbocycles. The molecule has 102 valence electrons. The van der Waals surface area contributed by atoms with E-state index in [1.807, 2.05) is 6.92 Å². The Morgan fingerprint density at radius 2 is 2.05 bits per heavy atom. The lowest BCUT2D eigenvalue weighted by Crippen LogP contribution is -2.25. The number of rotatable bonds is 4. The molecule has 1 N–H and O–H groups in total. The van der Waals surface area contributed by atoms with Crippen molar-refractivity contribution in [2.75, 3.05) is 6.54 Å². The summed E-state index contributed by atoms with van der Waals surface area (Å²) in [6, 6.07) is 4.93. The Morgan fingerprint density at radius 3 is 2.63 bits per heavy atom. The molecule has 0 bridgehead atoms. The Bertz CT molecular complexity index is 525. The third kappa shape index (κ3) is 3.10. The van der Waals surface area contributed by atoms with Crippen LogP contribution in [0, 0.1) is 0 Å². The van der Waals surface area contributed by atoms with Crippen LogP contribution in [0.3, 0.4) is 0 Å². The van der Waals surface area contributed by atoms with Gasteiger partial charge in [0.2, 0.25) is 0 Å². The molecule has 1 aromatic heterocycles. The fourth-order valence-electron chi connectivity index (χ4n) is 1.88. The number of nitrogens with one attached hydrogen (secondary N) is 1. The molecule has 3 nitrogen and oxygen atoms in total. The number of alkyl halides is 3. The molecule has 19 heavy (non-hydrogen) atoms. The van der Waals surface area contributed by atoms with Crippen LogP contribution in [0.2, 0.25) is 0 Å². The highest BCUT2D eigenvalue weighted by atomic mass is 32.1. The van der Waals surface area contributed by atoms with Gasteiger partial charge in [0.05, 0.1) is 35.2 Å². The number of halogens is 3. The zero-order chi connectivity index (χ0) is 13.9. The molecule has 1 atom stereocenters. The zero-order valence-electron chi connectivity index (χ0n) is 10.1. The molecule has 0 amide bonds. The minimum absolute atomic E-state index is 0.171. The Labute approximate surface area is 112 Å². The van der Waals surface area contributed by atoms with E-state index in [9.17, 15) is 13.2 Å². The highest BCUT2D eigenvalue weighted by molar-refractivity contribution is 6.99. The second kappa shape index (κ2) is 5.66. The van der Waals surface area contributed by atoms with Gasteiger partial charge in [0.25, 0.3) is 0 Å². The quantitative estimate of drug-likeness (QED) is 0.938. The lowest BCUT2D eigenvalue weighted by atomic mass is 9.98. The first-order valence-electron chi connectivity index (χ1n) is 5.71. The van der Waals surface area contributed by atoms with Crippen molar-refractivity contribution in [2.45, 2.75) is 19.1 Å². The van der Waals surface area contributed by atoms with E-state index in [1.54, 1.807) is 6.07 Å². The van der Waals surface area contributed by atoms with Crippen molar-refractivity contribution in [3.05, 3.63) is 47.3 Å². The normalized spacial score (nSPS) is 13.5. The van der Waals surface area contributed by atoms with E-state index >= 15 is 0 Å². The molecule has 0 aliphatic heterocycles. The topological polar surface area (TPSA) is 37.8 Å². The minimum Gasteiger partial charge on any atom is -0.305 e. The van der Waals surface area contributed by atoms with Crippen LogP contribution in [-0.4, -0.2) is 15.3 Å². The van der Waals surface area contributed by atoms with Gasteiger partial charge in [0.15, 0.2) is 0 Å². The van der Waals surface area contributed by atoms with Crippen molar-refractivity contribution < 1.29 is 13.2 Å². The molecule has 0 saturated heterocycles. The van der Waals surface area contributed by atoms with Gasteiger partial charge in [-0.15, -0.1) is 0 Å². The molecular formula is C12H12F3N3S. The van der Waals surface area contributed by atoms with Gasteiger partial charge in [0.1, 0.15) is 0 Å². The highest BCUT2D eigenvalue weighted by Gasteiger charge is 2.35. The molecule has 0 radical (unpaired) electrons. The Kier molecular flexibility index (Phi) is 4.16. The molecule has 0 aliphatic carbocycles. The van der Waals surface area contributed by atoms with Crippen molar-refractivity contribution in [2.24, 2.45) is 0 Å². The van der Waals surface area contributed by atoms with Crippen LogP contribution in [0.15, 0.2) is 30.5 Å². The number of hydrogen-bond acceptors (Lipinski definition) is 4. The van der Waals surface area contributed by atoms with Crippen LogP contribution >= 0.6 is 11.7 Å². The number of benzene rings is 1. The van der Waals surface area contributed by atoms with Gasteiger partial charge in [-0.05, 0) is 18.2 Å². The maximum absolute atomic E-state index is 13.0. The Balaban J connectivity index is 2.48. The van der Waals surface area contributed by atoms with Gasteiger partial charge in [-0.1, -0.05) is 25.1 Å². The predicted molar refractivity (Wildman–Crippen MR) is 66.9 cm³/mol. The monoisotopic (exact) mass is 287 g/mol. The van der Waals surface area contributed by atoms with Crippen molar-refractivity contribution in [1.29, 1.82) is 0 Å². The number of nitrogens with zero attached hydrogens (tertiary/aromatic N) is 2. The Hall–Kier alpha value is -1.47. The lowest BCUT2D eigenvalue weighted by molar-refractivity contribution is -0.138. The fraction of sp³-hybridized carbons (Fsp3) is 0.333. The molecule has 2 aromatic rings. The summed E-state index contributed by atoms with van der Waals surface area (Å²) in [4.78, 5) is 0. The second-order valence-electron chi connectivity index (χ2n) is 3.91. The molecule has 0 saturated carbocycles. The highest BCUT2D eigenvalue weighted by Crippen LogP contribution is 2.36. The average molecular weight is 287 g/mol. The van der Waals surface area contributed by atoms with Crippen LogP contribution in [0.5, 0.6) is 0 Å². The molecule has 7 heteroatoms. The summed E-state index contributed by atoms with van der Waals surface area (Å²) in [6.45, 7) is 2.37. The van der Waals surface area contributed by atoms with Crippen LogP contribution in [0.25, 0.3) is 0 Å². The first kappa shape index (κ1) is 14.0. The van der Waals surface area contributed by atoms with Crippen LogP contribution in [0.1, 0.15) is 29.8 Å². The maximum atomic E-state index is 13.0. The summed E-state index contributed by atoms with van der Waals surface area (Å²) < 4.78 is 47.0. The largest absolute Gasteiger partial charge is 0.416 e. The molecule has 1 unspecified atom stereocenters. The molecular weight excluding hydrogens is 275 g/mol.